The molecule has 3 aliphatic rings. The van der Waals surface area contributed by atoms with Gasteiger partial charge in [-0.05, 0) is 79.8 Å². The second-order valence-corrected chi connectivity index (χ2v) is 8.88. The van der Waals surface area contributed by atoms with Crippen molar-refractivity contribution >= 4 is 5.91 Å². The maximum absolute atomic E-state index is 13.2. The number of aryl methyl sites for hydroxylation is 1. The molecule has 5 nitrogen and oxygen atoms in total. The van der Waals surface area contributed by atoms with Gasteiger partial charge in [-0.2, -0.15) is 0 Å². The zero-order valence-corrected chi connectivity index (χ0v) is 16.6. The average molecular weight is 394 g/mol. The van der Waals surface area contributed by atoms with E-state index in [1.807, 2.05) is 13.1 Å². The Balaban J connectivity index is 1.31. The van der Waals surface area contributed by atoms with E-state index in [0.717, 1.165) is 30.5 Å². The number of carbonyl (C=O) groups excluding carboxylic acids is 1. The zero-order chi connectivity index (χ0) is 20.0. The number of nitrogens with one attached hydrogen (secondary N) is 3. The van der Waals surface area contributed by atoms with E-state index in [9.17, 15) is 9.18 Å². The molecule has 0 bridgehead atoms. The average Bonchev–Trinajstić information content (AvgIpc) is 3.11. The fraction of sp³-hybridized carbons (Fsp3) is 0.478. The van der Waals surface area contributed by atoms with Gasteiger partial charge in [-0.3, -0.25) is 15.2 Å². The topological polar surface area (TPSA) is 66.0 Å². The fourth-order valence-electron chi connectivity index (χ4n) is 5.54. The van der Waals surface area contributed by atoms with E-state index in [-0.39, 0.29) is 29.7 Å². The molecule has 2 saturated heterocycles. The van der Waals surface area contributed by atoms with Crippen LogP contribution < -0.4 is 16.2 Å². The number of aromatic nitrogens is 1. The van der Waals surface area contributed by atoms with Gasteiger partial charge in [0.2, 0.25) is 5.91 Å². The second-order valence-electron chi connectivity index (χ2n) is 8.88. The van der Waals surface area contributed by atoms with Gasteiger partial charge in [-0.25, -0.2) is 9.82 Å². The Morgan fingerprint density at radius 3 is 2.69 bits per heavy atom. The SMILES string of the molecule is Cc1cc(C2NNC3CC4NC(=O)C(Cc5ccc(F)cc5)CC4CC32)ccn1. The van der Waals surface area contributed by atoms with Crippen LogP contribution in [-0.2, 0) is 11.2 Å². The Bertz CT molecular complexity index is 902. The van der Waals surface area contributed by atoms with Crippen molar-refractivity contribution < 1.29 is 9.18 Å². The van der Waals surface area contributed by atoms with Gasteiger partial charge in [0.1, 0.15) is 5.82 Å². The van der Waals surface area contributed by atoms with E-state index in [0.29, 0.717) is 24.3 Å². The minimum absolute atomic E-state index is 0.0396. The van der Waals surface area contributed by atoms with Gasteiger partial charge in [0.15, 0.2) is 0 Å². The van der Waals surface area contributed by atoms with E-state index < -0.39 is 0 Å². The number of nitrogens with zero attached hydrogens (tertiary/aromatic N) is 1. The fourth-order valence-corrected chi connectivity index (χ4v) is 5.54. The van der Waals surface area contributed by atoms with E-state index in [4.69, 9.17) is 0 Å². The number of fused-ring (bicyclic) bond motifs is 2. The van der Waals surface area contributed by atoms with Crippen LogP contribution >= 0.6 is 0 Å². The molecular weight excluding hydrogens is 367 g/mol. The van der Waals surface area contributed by atoms with Crippen LogP contribution in [0.3, 0.4) is 0 Å². The third-order valence-corrected chi connectivity index (χ3v) is 6.98. The molecule has 6 heteroatoms. The molecular formula is C23H27FN4O. The number of piperidine rings is 1. The Hall–Kier alpha value is -2.31. The molecule has 29 heavy (non-hydrogen) atoms. The summed E-state index contributed by atoms with van der Waals surface area (Å²) in [6.07, 6.45) is 5.50. The number of carbonyl (C=O) groups is 1. The Kier molecular flexibility index (Phi) is 4.84. The van der Waals surface area contributed by atoms with Crippen molar-refractivity contribution in [2.45, 2.75) is 50.7 Å². The van der Waals surface area contributed by atoms with Crippen LogP contribution in [0, 0.1) is 30.5 Å². The third-order valence-electron chi connectivity index (χ3n) is 6.98. The second kappa shape index (κ2) is 7.50. The number of hydrogen-bond acceptors (Lipinski definition) is 4. The number of halogens is 1. The Labute approximate surface area is 170 Å². The quantitative estimate of drug-likeness (QED) is 0.749. The summed E-state index contributed by atoms with van der Waals surface area (Å²) in [4.78, 5) is 17.0. The molecule has 2 aliphatic heterocycles. The molecule has 1 aromatic carbocycles. The van der Waals surface area contributed by atoms with Crippen molar-refractivity contribution in [3.8, 4) is 0 Å². The lowest BCUT2D eigenvalue weighted by molar-refractivity contribution is -0.130. The van der Waals surface area contributed by atoms with E-state index in [1.165, 1.54) is 17.7 Å². The first-order valence-electron chi connectivity index (χ1n) is 10.6. The molecule has 1 aliphatic carbocycles. The lowest BCUT2D eigenvalue weighted by Gasteiger charge is -2.44. The maximum atomic E-state index is 13.2. The van der Waals surface area contributed by atoms with Crippen molar-refractivity contribution in [3.05, 3.63) is 65.2 Å². The standard InChI is InChI=1S/C23H27FN4O/c1-13-8-15(6-7-25-13)22-19-11-16-10-17(9-14-2-4-18(24)5-3-14)23(29)26-20(16)12-21(19)27-28-22/h2-8,16-17,19-22,27-28H,9-12H2,1H3,(H,26,29). The van der Waals surface area contributed by atoms with Crippen LogP contribution in [0.1, 0.15) is 42.1 Å². The van der Waals surface area contributed by atoms with Crippen LogP contribution in [-0.4, -0.2) is 23.0 Å². The molecule has 6 unspecified atom stereocenters. The summed E-state index contributed by atoms with van der Waals surface area (Å²) in [5, 5.41) is 3.29. The van der Waals surface area contributed by atoms with Gasteiger partial charge in [0.25, 0.3) is 0 Å². The Morgan fingerprint density at radius 2 is 1.90 bits per heavy atom. The molecule has 3 fully saturated rings. The lowest BCUT2D eigenvalue weighted by atomic mass is 9.67. The summed E-state index contributed by atoms with van der Waals surface area (Å²) in [7, 11) is 0. The molecule has 3 heterocycles. The first kappa shape index (κ1) is 18.7. The predicted octanol–water partition coefficient (Wildman–Crippen LogP) is 2.82. The highest BCUT2D eigenvalue weighted by atomic mass is 19.1. The molecule has 1 amide bonds. The highest BCUT2D eigenvalue weighted by Crippen LogP contribution is 2.44. The van der Waals surface area contributed by atoms with Gasteiger partial charge in [0.05, 0.1) is 6.04 Å². The van der Waals surface area contributed by atoms with Crippen LogP contribution in [0.2, 0.25) is 0 Å². The smallest absolute Gasteiger partial charge is 0.223 e. The highest BCUT2D eigenvalue weighted by Gasteiger charge is 2.48. The van der Waals surface area contributed by atoms with Crippen molar-refractivity contribution in [3.63, 3.8) is 0 Å². The van der Waals surface area contributed by atoms with Crippen molar-refractivity contribution in [1.82, 2.24) is 21.2 Å². The highest BCUT2D eigenvalue weighted by molar-refractivity contribution is 5.80. The van der Waals surface area contributed by atoms with Gasteiger partial charge >= 0.3 is 0 Å². The summed E-state index contributed by atoms with van der Waals surface area (Å²) in [5.41, 5.74) is 10.3. The van der Waals surface area contributed by atoms with Crippen LogP contribution in [0.4, 0.5) is 4.39 Å². The molecule has 3 N–H and O–H groups in total. The number of hydrogen-bond donors (Lipinski definition) is 3. The minimum atomic E-state index is -0.237. The van der Waals surface area contributed by atoms with Gasteiger partial charge in [-0.1, -0.05) is 12.1 Å². The summed E-state index contributed by atoms with van der Waals surface area (Å²) in [6, 6.07) is 11.7. The molecule has 1 aromatic heterocycles. The number of rotatable bonds is 3. The lowest BCUT2D eigenvalue weighted by Crippen LogP contribution is -2.56. The molecule has 1 saturated carbocycles. The van der Waals surface area contributed by atoms with Crippen LogP contribution in [0.15, 0.2) is 42.6 Å². The predicted molar refractivity (Wildman–Crippen MR) is 108 cm³/mol. The van der Waals surface area contributed by atoms with E-state index in [1.54, 1.807) is 12.1 Å². The minimum Gasteiger partial charge on any atom is -0.353 e. The Morgan fingerprint density at radius 1 is 1.07 bits per heavy atom. The van der Waals surface area contributed by atoms with Gasteiger partial charge in [-0.15, -0.1) is 0 Å². The number of benzene rings is 1. The van der Waals surface area contributed by atoms with E-state index >= 15 is 0 Å². The molecule has 152 valence electrons. The number of amides is 1. The van der Waals surface area contributed by atoms with Gasteiger partial charge < -0.3 is 5.32 Å². The first-order chi connectivity index (χ1) is 14.1. The molecule has 0 radical (unpaired) electrons. The van der Waals surface area contributed by atoms with Crippen LogP contribution in [0.5, 0.6) is 0 Å². The first-order valence-corrected chi connectivity index (χ1v) is 10.6. The summed E-state index contributed by atoms with van der Waals surface area (Å²) in [6.45, 7) is 2.02. The largest absolute Gasteiger partial charge is 0.353 e. The van der Waals surface area contributed by atoms with Crippen molar-refractivity contribution in [2.75, 3.05) is 0 Å². The molecule has 2 aromatic rings. The van der Waals surface area contributed by atoms with Crippen molar-refractivity contribution in [2.24, 2.45) is 17.8 Å². The van der Waals surface area contributed by atoms with E-state index in [2.05, 4.69) is 33.3 Å². The summed E-state index contributed by atoms with van der Waals surface area (Å²) < 4.78 is 13.2. The molecule has 0 spiro atoms. The zero-order valence-electron chi connectivity index (χ0n) is 16.6. The maximum Gasteiger partial charge on any atom is 0.223 e. The summed E-state index contributed by atoms with van der Waals surface area (Å²) in [5.74, 6) is 0.841. The normalized spacial score (nSPS) is 33.7. The molecule has 6 atom stereocenters. The number of pyridine rings is 1. The van der Waals surface area contributed by atoms with Crippen LogP contribution in [0.25, 0.3) is 0 Å². The summed E-state index contributed by atoms with van der Waals surface area (Å²) >= 11 is 0. The third kappa shape index (κ3) is 3.67. The number of hydrazine groups is 1. The van der Waals surface area contributed by atoms with Crippen molar-refractivity contribution in [1.29, 1.82) is 0 Å². The van der Waals surface area contributed by atoms with Gasteiger partial charge in [0, 0.05) is 29.9 Å². The monoisotopic (exact) mass is 394 g/mol. The molecule has 5 rings (SSSR count).